The second-order valence-electron chi connectivity index (χ2n) is 6.73. The molecule has 0 N–H and O–H groups in total. The lowest BCUT2D eigenvalue weighted by Crippen LogP contribution is -2.42. The van der Waals surface area contributed by atoms with Crippen LogP contribution in [0.1, 0.15) is 30.0 Å². The van der Waals surface area contributed by atoms with Crippen molar-refractivity contribution in [2.75, 3.05) is 32.1 Å². The molecule has 1 aliphatic heterocycles. The topological polar surface area (TPSA) is 57.7 Å². The van der Waals surface area contributed by atoms with Crippen LogP contribution in [0.3, 0.4) is 0 Å². The summed E-state index contributed by atoms with van der Waals surface area (Å²) in [5.74, 6) is 0.466. The van der Waals surface area contributed by atoms with Crippen LogP contribution >= 0.6 is 0 Å². The van der Waals surface area contributed by atoms with E-state index < -0.39 is 9.84 Å². The quantitative estimate of drug-likeness (QED) is 0.830. The van der Waals surface area contributed by atoms with Crippen molar-refractivity contribution in [1.82, 2.24) is 9.80 Å². The third-order valence-electron chi connectivity index (χ3n) is 5.18. The standard InChI is InChI=1S/C17H24N2O3S/c1-18(14-9-10-23(21,22)12-14)11-17(20)19(2)16-8-7-13-5-3-4-6-15(13)16/h3-6,14,16H,7-12H2,1-2H3/t14-,16-/m0/s1. The summed E-state index contributed by atoms with van der Waals surface area (Å²) in [4.78, 5) is 16.3. The van der Waals surface area contributed by atoms with Crippen molar-refractivity contribution in [3.8, 4) is 0 Å². The predicted octanol–water partition coefficient (Wildman–Crippen LogP) is 1.25. The lowest BCUT2D eigenvalue weighted by atomic mass is 10.1. The second-order valence-corrected chi connectivity index (χ2v) is 8.96. The van der Waals surface area contributed by atoms with Gasteiger partial charge in [-0.2, -0.15) is 0 Å². The Bertz CT molecular complexity index is 702. The van der Waals surface area contributed by atoms with Crippen LogP contribution in [0.5, 0.6) is 0 Å². The lowest BCUT2D eigenvalue weighted by Gasteiger charge is -2.29. The van der Waals surface area contributed by atoms with Crippen molar-refractivity contribution >= 4 is 15.7 Å². The van der Waals surface area contributed by atoms with E-state index in [-0.39, 0.29) is 36.0 Å². The van der Waals surface area contributed by atoms with Crippen LogP contribution in [0.2, 0.25) is 0 Å². The van der Waals surface area contributed by atoms with Crippen molar-refractivity contribution in [3.63, 3.8) is 0 Å². The first-order chi connectivity index (χ1) is 10.9. The molecule has 1 saturated heterocycles. The number of carbonyl (C=O) groups is 1. The van der Waals surface area contributed by atoms with Crippen LogP contribution in [-0.2, 0) is 21.1 Å². The van der Waals surface area contributed by atoms with Gasteiger partial charge in [-0.05, 0) is 37.4 Å². The van der Waals surface area contributed by atoms with Crippen LogP contribution in [-0.4, -0.2) is 62.3 Å². The van der Waals surface area contributed by atoms with Crippen LogP contribution in [0.25, 0.3) is 0 Å². The number of rotatable bonds is 4. The van der Waals surface area contributed by atoms with Crippen molar-refractivity contribution in [3.05, 3.63) is 35.4 Å². The molecule has 6 heteroatoms. The summed E-state index contributed by atoms with van der Waals surface area (Å²) < 4.78 is 23.2. The summed E-state index contributed by atoms with van der Waals surface area (Å²) in [5, 5.41) is 0. The zero-order chi connectivity index (χ0) is 16.6. The number of carbonyl (C=O) groups excluding carboxylic acids is 1. The van der Waals surface area contributed by atoms with E-state index in [9.17, 15) is 13.2 Å². The SMILES string of the molecule is CN(CC(=O)N(C)[C@H]1CCc2ccccc21)[C@H]1CCS(=O)(=O)C1. The van der Waals surface area contributed by atoms with Gasteiger partial charge < -0.3 is 4.90 Å². The predicted molar refractivity (Wildman–Crippen MR) is 90.0 cm³/mol. The van der Waals surface area contributed by atoms with Gasteiger partial charge in [-0.25, -0.2) is 8.42 Å². The maximum atomic E-state index is 12.6. The highest BCUT2D eigenvalue weighted by Gasteiger charge is 2.33. The molecular weight excluding hydrogens is 312 g/mol. The Morgan fingerprint density at radius 3 is 2.65 bits per heavy atom. The summed E-state index contributed by atoms with van der Waals surface area (Å²) in [6.45, 7) is 0.273. The molecule has 23 heavy (non-hydrogen) atoms. The molecule has 0 radical (unpaired) electrons. The second kappa shape index (κ2) is 6.24. The van der Waals surface area contributed by atoms with Gasteiger partial charge in [0.2, 0.25) is 5.91 Å². The fourth-order valence-corrected chi connectivity index (χ4v) is 5.49. The van der Waals surface area contributed by atoms with Gasteiger partial charge in [-0.3, -0.25) is 9.69 Å². The largest absolute Gasteiger partial charge is 0.338 e. The number of likely N-dealkylation sites (N-methyl/N-ethyl adjacent to an activating group) is 2. The fourth-order valence-electron chi connectivity index (χ4n) is 3.69. The first-order valence-corrected chi connectivity index (χ1v) is 9.93. The van der Waals surface area contributed by atoms with Crippen LogP contribution < -0.4 is 0 Å². The molecule has 0 saturated carbocycles. The highest BCUT2D eigenvalue weighted by Crippen LogP contribution is 2.34. The number of nitrogens with zero attached hydrogens (tertiary/aromatic N) is 2. The van der Waals surface area contributed by atoms with Gasteiger partial charge in [0.25, 0.3) is 0 Å². The van der Waals surface area contributed by atoms with E-state index in [0.29, 0.717) is 6.42 Å². The average Bonchev–Trinajstić information content (AvgIpc) is 3.09. The Kier molecular flexibility index (Phi) is 4.47. The summed E-state index contributed by atoms with van der Waals surface area (Å²) >= 11 is 0. The molecule has 1 fully saturated rings. The van der Waals surface area contributed by atoms with Gasteiger partial charge in [0.05, 0.1) is 24.1 Å². The van der Waals surface area contributed by atoms with E-state index in [1.54, 1.807) is 0 Å². The Labute approximate surface area is 138 Å². The molecule has 126 valence electrons. The van der Waals surface area contributed by atoms with E-state index in [0.717, 1.165) is 12.8 Å². The van der Waals surface area contributed by atoms with E-state index >= 15 is 0 Å². The number of aryl methyl sites for hydroxylation is 1. The van der Waals surface area contributed by atoms with Crippen molar-refractivity contribution in [2.24, 2.45) is 0 Å². The third kappa shape index (κ3) is 3.43. The molecule has 2 atom stereocenters. The van der Waals surface area contributed by atoms with Crippen LogP contribution in [0, 0.1) is 0 Å². The summed E-state index contributed by atoms with van der Waals surface area (Å²) in [6.07, 6.45) is 2.60. The lowest BCUT2D eigenvalue weighted by molar-refractivity contribution is -0.133. The van der Waals surface area contributed by atoms with Crippen molar-refractivity contribution in [1.29, 1.82) is 0 Å². The van der Waals surface area contributed by atoms with Gasteiger partial charge in [0.15, 0.2) is 9.84 Å². The fraction of sp³-hybridized carbons (Fsp3) is 0.588. The minimum absolute atomic E-state index is 0.0341. The summed E-state index contributed by atoms with van der Waals surface area (Å²) in [6, 6.07) is 8.39. The average molecular weight is 336 g/mol. The Balaban J connectivity index is 1.63. The molecule has 3 rings (SSSR count). The molecule has 1 aromatic rings. The number of hydrogen-bond donors (Lipinski definition) is 0. The summed E-state index contributed by atoms with van der Waals surface area (Å²) in [5.41, 5.74) is 2.57. The number of hydrogen-bond acceptors (Lipinski definition) is 4. The Hall–Kier alpha value is -1.40. The molecule has 1 amide bonds. The maximum Gasteiger partial charge on any atom is 0.237 e. The Morgan fingerprint density at radius 1 is 1.22 bits per heavy atom. The van der Waals surface area contributed by atoms with E-state index in [1.807, 2.05) is 36.0 Å². The molecule has 0 spiro atoms. The first-order valence-electron chi connectivity index (χ1n) is 8.11. The number of amides is 1. The molecule has 0 unspecified atom stereocenters. The van der Waals surface area contributed by atoms with Crippen molar-refractivity contribution < 1.29 is 13.2 Å². The van der Waals surface area contributed by atoms with Crippen molar-refractivity contribution in [2.45, 2.75) is 31.3 Å². The molecule has 1 aromatic carbocycles. The third-order valence-corrected chi connectivity index (χ3v) is 6.93. The van der Waals surface area contributed by atoms with Gasteiger partial charge in [0.1, 0.15) is 0 Å². The van der Waals surface area contributed by atoms with E-state index in [2.05, 4.69) is 12.1 Å². The summed E-state index contributed by atoms with van der Waals surface area (Å²) in [7, 11) is 0.784. The highest BCUT2D eigenvalue weighted by atomic mass is 32.2. The molecule has 0 bridgehead atoms. The minimum Gasteiger partial charge on any atom is -0.338 e. The zero-order valence-electron chi connectivity index (χ0n) is 13.7. The first kappa shape index (κ1) is 16.5. The molecule has 1 heterocycles. The molecular formula is C17H24N2O3S. The van der Waals surface area contributed by atoms with Crippen LogP contribution in [0.4, 0.5) is 0 Å². The maximum absolute atomic E-state index is 12.6. The zero-order valence-corrected chi connectivity index (χ0v) is 14.6. The normalized spacial score (nSPS) is 25.5. The molecule has 5 nitrogen and oxygen atoms in total. The molecule has 2 aliphatic rings. The number of fused-ring (bicyclic) bond motifs is 1. The van der Waals surface area contributed by atoms with E-state index in [1.165, 1.54) is 11.1 Å². The van der Waals surface area contributed by atoms with E-state index in [4.69, 9.17) is 0 Å². The van der Waals surface area contributed by atoms with Gasteiger partial charge in [0, 0.05) is 13.1 Å². The van der Waals surface area contributed by atoms with Crippen LogP contribution in [0.15, 0.2) is 24.3 Å². The smallest absolute Gasteiger partial charge is 0.237 e. The molecule has 0 aromatic heterocycles. The van der Waals surface area contributed by atoms with Gasteiger partial charge >= 0.3 is 0 Å². The van der Waals surface area contributed by atoms with Gasteiger partial charge in [-0.15, -0.1) is 0 Å². The number of sulfone groups is 1. The molecule has 1 aliphatic carbocycles. The number of benzene rings is 1. The Morgan fingerprint density at radius 2 is 1.96 bits per heavy atom. The highest BCUT2D eigenvalue weighted by molar-refractivity contribution is 7.91. The van der Waals surface area contributed by atoms with Gasteiger partial charge in [-0.1, -0.05) is 24.3 Å². The minimum atomic E-state index is -2.92. The monoisotopic (exact) mass is 336 g/mol.